The van der Waals surface area contributed by atoms with E-state index >= 15 is 0 Å². The van der Waals surface area contributed by atoms with E-state index in [1.54, 1.807) is 0 Å². The van der Waals surface area contributed by atoms with Crippen LogP contribution in [0.1, 0.15) is 46.0 Å². The molecule has 0 spiro atoms. The van der Waals surface area contributed by atoms with Crippen molar-refractivity contribution in [3.05, 3.63) is 0 Å². The Morgan fingerprint density at radius 1 is 1.43 bits per heavy atom. The Morgan fingerprint density at radius 2 is 2.21 bits per heavy atom. The second-order valence-electron chi connectivity index (χ2n) is 4.27. The van der Waals surface area contributed by atoms with Crippen LogP contribution >= 0.6 is 0 Å². The summed E-state index contributed by atoms with van der Waals surface area (Å²) in [4.78, 5) is 11.4. The second-order valence-corrected chi connectivity index (χ2v) is 4.27. The van der Waals surface area contributed by atoms with Crippen LogP contribution in [-0.4, -0.2) is 18.6 Å². The van der Waals surface area contributed by atoms with E-state index in [4.69, 9.17) is 0 Å². The zero-order valence-corrected chi connectivity index (χ0v) is 9.31. The number of unbranched alkanes of at least 4 members (excludes halogenated alkanes) is 1. The molecule has 2 atom stereocenters. The van der Waals surface area contributed by atoms with Gasteiger partial charge in [0.05, 0.1) is 0 Å². The lowest BCUT2D eigenvalue weighted by molar-refractivity contribution is 0.234. The summed E-state index contributed by atoms with van der Waals surface area (Å²) in [6.45, 7) is 5.13. The van der Waals surface area contributed by atoms with Crippen molar-refractivity contribution in [3.63, 3.8) is 0 Å². The lowest BCUT2D eigenvalue weighted by Gasteiger charge is -2.17. The topological polar surface area (TPSA) is 41.1 Å². The van der Waals surface area contributed by atoms with Crippen LogP contribution in [0.4, 0.5) is 4.79 Å². The lowest BCUT2D eigenvalue weighted by Crippen LogP contribution is -2.43. The van der Waals surface area contributed by atoms with E-state index in [1.165, 1.54) is 12.8 Å². The van der Waals surface area contributed by atoms with Crippen molar-refractivity contribution in [3.8, 4) is 0 Å². The first kappa shape index (κ1) is 11.3. The Labute approximate surface area is 86.6 Å². The molecular formula is C11H22N2O. The third kappa shape index (κ3) is 3.56. The zero-order chi connectivity index (χ0) is 10.4. The highest BCUT2D eigenvalue weighted by Gasteiger charge is 2.24. The number of hydrogen-bond donors (Lipinski definition) is 2. The monoisotopic (exact) mass is 198 g/mol. The van der Waals surface area contributed by atoms with Crippen molar-refractivity contribution in [2.45, 2.75) is 52.0 Å². The Morgan fingerprint density at radius 3 is 2.79 bits per heavy atom. The van der Waals surface area contributed by atoms with E-state index in [-0.39, 0.29) is 6.03 Å². The van der Waals surface area contributed by atoms with Gasteiger partial charge in [-0.25, -0.2) is 4.79 Å². The summed E-state index contributed by atoms with van der Waals surface area (Å²) in [7, 11) is 0. The summed E-state index contributed by atoms with van der Waals surface area (Å²) in [5.41, 5.74) is 0. The molecular weight excluding hydrogens is 176 g/mol. The number of hydrogen-bond acceptors (Lipinski definition) is 1. The molecule has 1 aliphatic carbocycles. The average molecular weight is 198 g/mol. The molecule has 0 aromatic rings. The van der Waals surface area contributed by atoms with Gasteiger partial charge in [-0.05, 0) is 25.2 Å². The maximum atomic E-state index is 11.4. The number of carbonyl (C=O) groups excluding carboxylic acids is 1. The Bertz CT molecular complexity index is 182. The smallest absolute Gasteiger partial charge is 0.315 e. The highest BCUT2D eigenvalue weighted by molar-refractivity contribution is 5.74. The predicted octanol–water partition coefficient (Wildman–Crippen LogP) is 2.27. The minimum Gasteiger partial charge on any atom is -0.338 e. The average Bonchev–Trinajstić information content (AvgIpc) is 2.52. The van der Waals surface area contributed by atoms with Crippen molar-refractivity contribution in [1.82, 2.24) is 10.6 Å². The number of carbonyl (C=O) groups is 1. The first-order valence-corrected chi connectivity index (χ1v) is 5.78. The molecule has 0 saturated heterocycles. The molecule has 2 N–H and O–H groups in total. The molecule has 1 fully saturated rings. The van der Waals surface area contributed by atoms with E-state index in [0.29, 0.717) is 12.0 Å². The molecule has 0 aromatic heterocycles. The third-order valence-electron chi connectivity index (χ3n) is 2.99. The fourth-order valence-corrected chi connectivity index (χ4v) is 1.96. The highest BCUT2D eigenvalue weighted by Crippen LogP contribution is 2.24. The maximum absolute atomic E-state index is 11.4. The van der Waals surface area contributed by atoms with Crippen molar-refractivity contribution in [2.24, 2.45) is 5.92 Å². The van der Waals surface area contributed by atoms with Gasteiger partial charge in [-0.3, -0.25) is 0 Å². The Balaban J connectivity index is 2.13. The Kier molecular flexibility index (Phi) is 4.77. The van der Waals surface area contributed by atoms with Crippen LogP contribution in [0.25, 0.3) is 0 Å². The molecule has 2 unspecified atom stereocenters. The van der Waals surface area contributed by atoms with Gasteiger partial charge >= 0.3 is 6.03 Å². The molecule has 0 aliphatic heterocycles. The van der Waals surface area contributed by atoms with Crippen LogP contribution < -0.4 is 10.6 Å². The predicted molar refractivity (Wildman–Crippen MR) is 58.2 cm³/mol. The normalized spacial score (nSPS) is 26.1. The molecule has 0 aromatic carbocycles. The summed E-state index contributed by atoms with van der Waals surface area (Å²) in [6.07, 6.45) is 5.83. The van der Waals surface area contributed by atoms with Crippen molar-refractivity contribution in [1.29, 1.82) is 0 Å². The highest BCUT2D eigenvalue weighted by atomic mass is 16.2. The third-order valence-corrected chi connectivity index (χ3v) is 2.99. The van der Waals surface area contributed by atoms with E-state index in [9.17, 15) is 4.79 Å². The quantitative estimate of drug-likeness (QED) is 0.668. The van der Waals surface area contributed by atoms with Gasteiger partial charge in [-0.2, -0.15) is 0 Å². The van der Waals surface area contributed by atoms with Crippen molar-refractivity contribution >= 4 is 6.03 Å². The molecule has 2 amide bonds. The van der Waals surface area contributed by atoms with Crippen LogP contribution in [0.15, 0.2) is 0 Å². The summed E-state index contributed by atoms with van der Waals surface area (Å²) in [5.74, 6) is 0.645. The fourth-order valence-electron chi connectivity index (χ4n) is 1.96. The van der Waals surface area contributed by atoms with Gasteiger partial charge in [-0.1, -0.05) is 26.7 Å². The zero-order valence-electron chi connectivity index (χ0n) is 9.31. The molecule has 1 rings (SSSR count). The number of amides is 2. The van der Waals surface area contributed by atoms with Gasteiger partial charge in [0.25, 0.3) is 0 Å². The summed E-state index contributed by atoms with van der Waals surface area (Å²) in [6, 6.07) is 0.411. The molecule has 0 heterocycles. The van der Waals surface area contributed by atoms with Gasteiger partial charge in [0.1, 0.15) is 0 Å². The largest absolute Gasteiger partial charge is 0.338 e. The van der Waals surface area contributed by atoms with E-state index in [0.717, 1.165) is 25.8 Å². The Hall–Kier alpha value is -0.730. The van der Waals surface area contributed by atoms with Crippen LogP contribution in [0.5, 0.6) is 0 Å². The molecule has 3 nitrogen and oxygen atoms in total. The van der Waals surface area contributed by atoms with Crippen LogP contribution in [0.3, 0.4) is 0 Å². The molecule has 82 valence electrons. The van der Waals surface area contributed by atoms with Crippen LogP contribution in [-0.2, 0) is 0 Å². The molecule has 0 radical (unpaired) electrons. The first-order chi connectivity index (χ1) is 6.74. The SMILES string of the molecule is CCCCNC(=O)NC1CCCC1C. The van der Waals surface area contributed by atoms with Crippen LogP contribution in [0, 0.1) is 5.92 Å². The van der Waals surface area contributed by atoms with Crippen LogP contribution in [0.2, 0.25) is 0 Å². The molecule has 14 heavy (non-hydrogen) atoms. The van der Waals surface area contributed by atoms with Crippen molar-refractivity contribution in [2.75, 3.05) is 6.54 Å². The van der Waals surface area contributed by atoms with Crippen molar-refractivity contribution < 1.29 is 4.79 Å². The summed E-state index contributed by atoms with van der Waals surface area (Å²) in [5, 5.41) is 5.92. The van der Waals surface area contributed by atoms with E-state index < -0.39 is 0 Å². The second kappa shape index (κ2) is 5.89. The van der Waals surface area contributed by atoms with Gasteiger partial charge in [0, 0.05) is 12.6 Å². The van der Waals surface area contributed by atoms with Gasteiger partial charge < -0.3 is 10.6 Å². The molecule has 1 aliphatic rings. The molecule has 1 saturated carbocycles. The fraction of sp³-hybridized carbons (Fsp3) is 0.909. The minimum atomic E-state index is 0.0113. The number of rotatable bonds is 4. The van der Waals surface area contributed by atoms with E-state index in [1.807, 2.05) is 0 Å². The molecule has 3 heteroatoms. The lowest BCUT2D eigenvalue weighted by atomic mass is 10.1. The summed E-state index contributed by atoms with van der Waals surface area (Å²) >= 11 is 0. The van der Waals surface area contributed by atoms with Gasteiger partial charge in [-0.15, -0.1) is 0 Å². The minimum absolute atomic E-state index is 0.0113. The number of urea groups is 1. The standard InChI is InChI=1S/C11H22N2O/c1-3-4-8-12-11(14)13-10-7-5-6-9(10)2/h9-10H,3-8H2,1-2H3,(H2,12,13,14). The van der Waals surface area contributed by atoms with E-state index in [2.05, 4.69) is 24.5 Å². The summed E-state index contributed by atoms with van der Waals surface area (Å²) < 4.78 is 0. The number of nitrogens with one attached hydrogen (secondary N) is 2. The van der Waals surface area contributed by atoms with Gasteiger partial charge in [0.15, 0.2) is 0 Å². The molecule has 0 bridgehead atoms. The first-order valence-electron chi connectivity index (χ1n) is 5.78. The van der Waals surface area contributed by atoms with Gasteiger partial charge in [0.2, 0.25) is 0 Å². The maximum Gasteiger partial charge on any atom is 0.315 e.